The second-order valence-electron chi connectivity index (χ2n) is 7.21. The summed E-state index contributed by atoms with van der Waals surface area (Å²) in [7, 11) is -1.30. The van der Waals surface area contributed by atoms with E-state index < -0.39 is 15.6 Å². The van der Waals surface area contributed by atoms with Crippen molar-refractivity contribution in [3.8, 4) is 0 Å². The maximum Gasteiger partial charge on any atom is 0.264 e. The minimum atomic E-state index is -3.86. The Balaban J connectivity index is 1.92. The van der Waals surface area contributed by atoms with Gasteiger partial charge >= 0.3 is 0 Å². The van der Waals surface area contributed by atoms with E-state index in [9.17, 15) is 13.2 Å². The lowest BCUT2D eigenvalue weighted by atomic mass is 9.88. The molecular formula is C19H26N4O5S. The summed E-state index contributed by atoms with van der Waals surface area (Å²) in [5.74, 6) is 0.521. The lowest BCUT2D eigenvalue weighted by Crippen LogP contribution is -2.46. The molecule has 1 aliphatic carbocycles. The average molecular weight is 423 g/mol. The zero-order chi connectivity index (χ0) is 21.1. The van der Waals surface area contributed by atoms with Crippen LogP contribution in [0.15, 0.2) is 33.7 Å². The van der Waals surface area contributed by atoms with Gasteiger partial charge < -0.3 is 9.84 Å². The van der Waals surface area contributed by atoms with E-state index in [1.54, 1.807) is 13.0 Å². The molecule has 10 heteroatoms. The first kappa shape index (κ1) is 21.4. The Hall–Kier alpha value is -2.30. The summed E-state index contributed by atoms with van der Waals surface area (Å²) in [6.45, 7) is 1.71. The highest BCUT2D eigenvalue weighted by Gasteiger charge is 2.39. The number of carbonyl (C=O) groups excluding carboxylic acids is 1. The van der Waals surface area contributed by atoms with E-state index in [-0.39, 0.29) is 16.4 Å². The van der Waals surface area contributed by atoms with Crippen molar-refractivity contribution in [1.29, 1.82) is 0 Å². The molecule has 0 spiro atoms. The molecule has 0 aliphatic heterocycles. The van der Waals surface area contributed by atoms with E-state index in [2.05, 4.69) is 15.5 Å². The van der Waals surface area contributed by atoms with Crippen LogP contribution < -0.4 is 5.32 Å². The number of aryl methyl sites for hydroxylation is 1. The van der Waals surface area contributed by atoms with E-state index in [0.717, 1.165) is 30.2 Å². The monoisotopic (exact) mass is 422 g/mol. The zero-order valence-electron chi connectivity index (χ0n) is 16.8. The number of sulfonamides is 1. The van der Waals surface area contributed by atoms with E-state index in [4.69, 9.17) is 9.36 Å². The fourth-order valence-corrected chi connectivity index (χ4v) is 4.58. The Morgan fingerprint density at radius 1 is 1.24 bits per heavy atom. The number of nitrogens with zero attached hydrogens (tertiary/aromatic N) is 3. The minimum Gasteiger partial charge on any atom is -0.340 e. The lowest BCUT2D eigenvalue weighted by Gasteiger charge is -2.30. The Morgan fingerprint density at radius 2 is 1.93 bits per heavy atom. The second-order valence-corrected chi connectivity index (χ2v) is 9.15. The highest BCUT2D eigenvalue weighted by atomic mass is 32.2. The SMILES string of the molecule is CON(C)S(=O)(=O)c1cccc(C(=O)NC2(c3noc(C)n3)CCCCCC2)c1. The maximum atomic E-state index is 13.1. The summed E-state index contributed by atoms with van der Waals surface area (Å²) in [5, 5.41) is 7.15. The fraction of sp³-hybridized carbons (Fsp3) is 0.526. The highest BCUT2D eigenvalue weighted by molar-refractivity contribution is 7.89. The van der Waals surface area contributed by atoms with Gasteiger partial charge in [-0.3, -0.25) is 9.63 Å². The molecular weight excluding hydrogens is 396 g/mol. The number of nitrogens with one attached hydrogen (secondary N) is 1. The van der Waals surface area contributed by atoms with Crippen LogP contribution in [0.4, 0.5) is 0 Å². The van der Waals surface area contributed by atoms with E-state index in [0.29, 0.717) is 24.6 Å². The number of amides is 1. The third-order valence-corrected chi connectivity index (χ3v) is 6.93. The van der Waals surface area contributed by atoms with Crippen molar-refractivity contribution >= 4 is 15.9 Å². The second kappa shape index (κ2) is 8.60. The van der Waals surface area contributed by atoms with Gasteiger partial charge in [-0.15, -0.1) is 0 Å². The third kappa shape index (κ3) is 4.49. The first-order valence-electron chi connectivity index (χ1n) is 9.55. The molecule has 1 saturated carbocycles. The van der Waals surface area contributed by atoms with Crippen LogP contribution in [0, 0.1) is 6.92 Å². The summed E-state index contributed by atoms with van der Waals surface area (Å²) in [6, 6.07) is 5.87. The van der Waals surface area contributed by atoms with Crippen LogP contribution in [0.1, 0.15) is 60.6 Å². The Morgan fingerprint density at radius 3 is 2.52 bits per heavy atom. The first-order chi connectivity index (χ1) is 13.8. The Kier molecular flexibility index (Phi) is 6.35. The van der Waals surface area contributed by atoms with Gasteiger partial charge in [0.05, 0.1) is 12.0 Å². The normalized spacial score (nSPS) is 17.1. The summed E-state index contributed by atoms with van der Waals surface area (Å²) in [4.78, 5) is 22.2. The van der Waals surface area contributed by atoms with Crippen molar-refractivity contribution in [3.05, 3.63) is 41.5 Å². The summed E-state index contributed by atoms with van der Waals surface area (Å²) < 4.78 is 30.9. The molecule has 0 bridgehead atoms. The number of hydrogen-bond donors (Lipinski definition) is 1. The molecule has 1 heterocycles. The molecule has 1 amide bonds. The van der Waals surface area contributed by atoms with E-state index in [1.165, 1.54) is 32.4 Å². The molecule has 0 unspecified atom stereocenters. The van der Waals surface area contributed by atoms with Crippen molar-refractivity contribution in [3.63, 3.8) is 0 Å². The standard InChI is InChI=1S/C19H26N4O5S/c1-14-20-18(22-28-14)19(11-6-4-5-7-12-19)21-17(24)15-9-8-10-16(13-15)29(25,26)23(2)27-3/h8-10,13H,4-7,11-12H2,1-3H3,(H,21,24). The van der Waals surface area contributed by atoms with Gasteiger partial charge in [0.1, 0.15) is 5.54 Å². The van der Waals surface area contributed by atoms with Crippen molar-refractivity contribution in [2.75, 3.05) is 14.2 Å². The highest BCUT2D eigenvalue weighted by Crippen LogP contribution is 2.35. The Bertz CT molecular complexity index is 964. The molecule has 1 aromatic carbocycles. The first-order valence-corrected chi connectivity index (χ1v) is 11.0. The van der Waals surface area contributed by atoms with Crippen LogP contribution in [0.25, 0.3) is 0 Å². The minimum absolute atomic E-state index is 0.0279. The van der Waals surface area contributed by atoms with Crippen LogP contribution in [-0.4, -0.2) is 43.1 Å². The van der Waals surface area contributed by atoms with E-state index in [1.807, 2.05) is 0 Å². The number of benzene rings is 1. The largest absolute Gasteiger partial charge is 0.340 e. The summed E-state index contributed by atoms with van der Waals surface area (Å²) in [5.41, 5.74) is -0.497. The number of hydrogen-bond acceptors (Lipinski definition) is 7. The molecule has 0 atom stereocenters. The van der Waals surface area contributed by atoms with Gasteiger partial charge in [0.2, 0.25) is 5.89 Å². The third-order valence-electron chi connectivity index (χ3n) is 5.26. The van der Waals surface area contributed by atoms with Crippen molar-refractivity contribution in [2.24, 2.45) is 0 Å². The molecule has 1 fully saturated rings. The number of rotatable bonds is 6. The topological polar surface area (TPSA) is 115 Å². The molecule has 0 radical (unpaired) electrons. The molecule has 29 heavy (non-hydrogen) atoms. The van der Waals surface area contributed by atoms with Crippen LogP contribution in [0.3, 0.4) is 0 Å². The molecule has 0 saturated heterocycles. The summed E-state index contributed by atoms with van der Waals surface area (Å²) in [6.07, 6.45) is 5.41. The zero-order valence-corrected chi connectivity index (χ0v) is 17.7. The Labute approximate surface area is 170 Å². The predicted octanol–water partition coefficient (Wildman–Crippen LogP) is 2.54. The molecule has 3 rings (SSSR count). The number of hydroxylamine groups is 1. The van der Waals surface area contributed by atoms with E-state index >= 15 is 0 Å². The quantitative estimate of drug-likeness (QED) is 0.562. The molecule has 1 N–H and O–H groups in total. The van der Waals surface area contributed by atoms with Gasteiger partial charge in [0.25, 0.3) is 15.9 Å². The predicted molar refractivity (Wildman–Crippen MR) is 104 cm³/mol. The van der Waals surface area contributed by atoms with Crippen molar-refractivity contribution in [1.82, 2.24) is 19.9 Å². The fourth-order valence-electron chi connectivity index (χ4n) is 3.56. The smallest absolute Gasteiger partial charge is 0.264 e. The van der Waals surface area contributed by atoms with Crippen molar-refractivity contribution in [2.45, 2.75) is 55.9 Å². The van der Waals surface area contributed by atoms with Gasteiger partial charge in [-0.1, -0.05) is 41.4 Å². The van der Waals surface area contributed by atoms with Crippen LogP contribution >= 0.6 is 0 Å². The maximum absolute atomic E-state index is 13.1. The average Bonchev–Trinajstić information content (AvgIpc) is 3.02. The molecule has 1 aliphatic rings. The molecule has 1 aromatic heterocycles. The molecule has 9 nitrogen and oxygen atoms in total. The van der Waals surface area contributed by atoms with Crippen LogP contribution in [0.5, 0.6) is 0 Å². The van der Waals surface area contributed by atoms with Crippen LogP contribution in [-0.2, 0) is 20.4 Å². The number of aromatic nitrogens is 2. The van der Waals surface area contributed by atoms with Gasteiger partial charge in [-0.25, -0.2) is 8.42 Å². The molecule has 158 valence electrons. The van der Waals surface area contributed by atoms with Gasteiger partial charge in [-0.05, 0) is 31.0 Å². The van der Waals surface area contributed by atoms with Gasteiger partial charge in [0.15, 0.2) is 5.82 Å². The van der Waals surface area contributed by atoms with Gasteiger partial charge in [-0.2, -0.15) is 4.98 Å². The summed E-state index contributed by atoms with van der Waals surface area (Å²) >= 11 is 0. The number of carbonyl (C=O) groups is 1. The van der Waals surface area contributed by atoms with Gasteiger partial charge in [0, 0.05) is 19.5 Å². The van der Waals surface area contributed by atoms with Crippen LogP contribution in [0.2, 0.25) is 0 Å². The molecule has 2 aromatic rings. The lowest BCUT2D eigenvalue weighted by molar-refractivity contribution is -0.0258. The van der Waals surface area contributed by atoms with Crippen molar-refractivity contribution < 1.29 is 22.6 Å².